The predicted molar refractivity (Wildman–Crippen MR) is 71.5 cm³/mol. The molecule has 0 spiro atoms. The minimum absolute atomic E-state index is 0.0957. The number of hydrogen-bond acceptors (Lipinski definition) is 3. The van der Waals surface area contributed by atoms with Gasteiger partial charge in [-0.15, -0.1) is 11.6 Å². The Morgan fingerprint density at radius 2 is 2.33 bits per heavy atom. The summed E-state index contributed by atoms with van der Waals surface area (Å²) in [5.74, 6) is 0.603. The van der Waals surface area contributed by atoms with Crippen LogP contribution in [-0.4, -0.2) is 41.9 Å². The number of hydrogen-bond donors (Lipinski definition) is 0. The van der Waals surface area contributed by atoms with Gasteiger partial charge in [-0.2, -0.15) is 0 Å². The average Bonchev–Trinajstić information content (AvgIpc) is 2.42. The highest BCUT2D eigenvalue weighted by molar-refractivity contribution is 6.17. The highest BCUT2D eigenvalue weighted by Crippen LogP contribution is 2.05. The molecule has 0 atom stereocenters. The highest BCUT2D eigenvalue weighted by Gasteiger charge is 2.13. The fourth-order valence-electron chi connectivity index (χ4n) is 1.56. The van der Waals surface area contributed by atoms with E-state index in [2.05, 4.69) is 4.98 Å². The Kier molecular flexibility index (Phi) is 7.37. The van der Waals surface area contributed by atoms with Gasteiger partial charge < -0.3 is 9.64 Å². The number of halogens is 1. The number of aromatic nitrogens is 1. The number of amides is 1. The molecule has 0 saturated carbocycles. The number of carbonyl (C=O) groups excluding carboxylic acids is 1. The number of methoxy groups -OCH3 is 1. The third-order valence-corrected chi connectivity index (χ3v) is 2.79. The molecule has 4 nitrogen and oxygen atoms in total. The van der Waals surface area contributed by atoms with E-state index in [0.29, 0.717) is 38.4 Å². The highest BCUT2D eigenvalue weighted by atomic mass is 35.5. The van der Waals surface area contributed by atoms with E-state index in [1.165, 1.54) is 0 Å². The van der Waals surface area contributed by atoms with Crippen LogP contribution in [0.25, 0.3) is 0 Å². The maximum absolute atomic E-state index is 12.0. The molecule has 0 aliphatic carbocycles. The van der Waals surface area contributed by atoms with Crippen LogP contribution in [0.3, 0.4) is 0 Å². The van der Waals surface area contributed by atoms with Crippen molar-refractivity contribution in [1.82, 2.24) is 9.88 Å². The zero-order chi connectivity index (χ0) is 13.2. The first-order valence-electron chi connectivity index (χ1n) is 6.00. The molecule has 0 fully saturated rings. The van der Waals surface area contributed by atoms with Gasteiger partial charge >= 0.3 is 0 Å². The maximum Gasteiger partial charge on any atom is 0.223 e. The lowest BCUT2D eigenvalue weighted by atomic mass is 10.2. The third-order valence-electron chi connectivity index (χ3n) is 2.52. The summed E-state index contributed by atoms with van der Waals surface area (Å²) >= 11 is 5.61. The van der Waals surface area contributed by atoms with Gasteiger partial charge in [0.1, 0.15) is 0 Å². The molecule has 0 radical (unpaired) electrons. The smallest absolute Gasteiger partial charge is 0.223 e. The van der Waals surface area contributed by atoms with Crippen molar-refractivity contribution in [3.63, 3.8) is 0 Å². The van der Waals surface area contributed by atoms with E-state index in [1.54, 1.807) is 18.2 Å². The van der Waals surface area contributed by atoms with Crippen LogP contribution in [0, 0.1) is 0 Å². The van der Waals surface area contributed by atoms with Crippen LogP contribution >= 0.6 is 11.6 Å². The van der Waals surface area contributed by atoms with Gasteiger partial charge in [-0.25, -0.2) is 0 Å². The number of rotatable bonds is 8. The standard InChI is InChI=1S/C13H19ClN2O2/c1-18-10-9-16(13(17)6-4-7-14)11-12-5-2-3-8-15-12/h2-3,5,8H,4,6-7,9-11H2,1H3. The molecule has 1 rings (SSSR count). The van der Waals surface area contributed by atoms with Crippen molar-refractivity contribution < 1.29 is 9.53 Å². The topological polar surface area (TPSA) is 42.4 Å². The molecule has 5 heteroatoms. The normalized spacial score (nSPS) is 10.3. The number of alkyl halides is 1. The van der Waals surface area contributed by atoms with E-state index < -0.39 is 0 Å². The summed E-state index contributed by atoms with van der Waals surface area (Å²) in [7, 11) is 1.63. The molecule has 1 aromatic heterocycles. The van der Waals surface area contributed by atoms with Crippen molar-refractivity contribution >= 4 is 17.5 Å². The largest absolute Gasteiger partial charge is 0.383 e. The van der Waals surface area contributed by atoms with E-state index in [9.17, 15) is 4.79 Å². The maximum atomic E-state index is 12.0. The predicted octanol–water partition coefficient (Wildman–Crippen LogP) is 2.08. The number of nitrogens with zero attached hydrogens (tertiary/aromatic N) is 2. The molecule has 100 valence electrons. The second-order valence-electron chi connectivity index (χ2n) is 3.92. The Hall–Kier alpha value is -1.13. The molecular weight excluding hydrogens is 252 g/mol. The molecule has 1 amide bonds. The minimum atomic E-state index is 0.0957. The van der Waals surface area contributed by atoms with Crippen LogP contribution in [0.2, 0.25) is 0 Å². The molecule has 0 bridgehead atoms. The van der Waals surface area contributed by atoms with E-state index >= 15 is 0 Å². The number of ether oxygens (including phenoxy) is 1. The summed E-state index contributed by atoms with van der Waals surface area (Å²) in [6.07, 6.45) is 2.90. The van der Waals surface area contributed by atoms with Gasteiger partial charge in [0, 0.05) is 32.2 Å². The Morgan fingerprint density at radius 3 is 2.94 bits per heavy atom. The summed E-state index contributed by atoms with van der Waals surface area (Å²) in [5, 5.41) is 0. The van der Waals surface area contributed by atoms with Crippen molar-refractivity contribution in [2.45, 2.75) is 19.4 Å². The van der Waals surface area contributed by atoms with Crippen molar-refractivity contribution in [2.75, 3.05) is 26.1 Å². The van der Waals surface area contributed by atoms with Gasteiger partial charge in [-0.3, -0.25) is 9.78 Å². The van der Waals surface area contributed by atoms with E-state index in [4.69, 9.17) is 16.3 Å². The van der Waals surface area contributed by atoms with Crippen molar-refractivity contribution in [3.8, 4) is 0 Å². The third kappa shape index (κ3) is 5.47. The van der Waals surface area contributed by atoms with Gasteiger partial charge in [0.05, 0.1) is 18.8 Å². The Labute approximate surface area is 113 Å². The first-order chi connectivity index (χ1) is 8.77. The van der Waals surface area contributed by atoms with Crippen LogP contribution in [-0.2, 0) is 16.1 Å². The summed E-state index contributed by atoms with van der Waals surface area (Å²) in [4.78, 5) is 18.0. The van der Waals surface area contributed by atoms with Gasteiger partial charge in [-0.05, 0) is 18.6 Å². The lowest BCUT2D eigenvalue weighted by Gasteiger charge is -2.22. The molecule has 0 unspecified atom stereocenters. The first kappa shape index (κ1) is 14.9. The SMILES string of the molecule is COCCN(Cc1ccccn1)C(=O)CCCCl. The Bertz CT molecular complexity index is 346. The molecule has 0 N–H and O–H groups in total. The molecule has 1 aromatic rings. The van der Waals surface area contributed by atoms with Crippen LogP contribution in [0.5, 0.6) is 0 Å². The minimum Gasteiger partial charge on any atom is -0.383 e. The van der Waals surface area contributed by atoms with Gasteiger partial charge in [0.15, 0.2) is 0 Å². The second-order valence-corrected chi connectivity index (χ2v) is 4.30. The Morgan fingerprint density at radius 1 is 1.50 bits per heavy atom. The van der Waals surface area contributed by atoms with E-state index in [0.717, 1.165) is 5.69 Å². The zero-order valence-electron chi connectivity index (χ0n) is 10.6. The fourth-order valence-corrected chi connectivity index (χ4v) is 1.69. The van der Waals surface area contributed by atoms with Crippen LogP contribution in [0.15, 0.2) is 24.4 Å². The van der Waals surface area contributed by atoms with Gasteiger partial charge in [0.2, 0.25) is 5.91 Å². The van der Waals surface area contributed by atoms with Gasteiger partial charge in [-0.1, -0.05) is 6.07 Å². The zero-order valence-corrected chi connectivity index (χ0v) is 11.4. The quantitative estimate of drug-likeness (QED) is 0.679. The summed E-state index contributed by atoms with van der Waals surface area (Å²) < 4.78 is 5.02. The summed E-state index contributed by atoms with van der Waals surface area (Å²) in [6.45, 7) is 1.62. The Balaban J connectivity index is 2.57. The molecule has 0 saturated heterocycles. The molecular formula is C13H19ClN2O2. The van der Waals surface area contributed by atoms with E-state index in [-0.39, 0.29) is 5.91 Å². The number of carbonyl (C=O) groups is 1. The fraction of sp³-hybridized carbons (Fsp3) is 0.538. The molecule has 0 aromatic carbocycles. The lowest BCUT2D eigenvalue weighted by Crippen LogP contribution is -2.33. The second kappa shape index (κ2) is 8.89. The van der Waals surface area contributed by atoms with Crippen molar-refractivity contribution in [1.29, 1.82) is 0 Å². The average molecular weight is 271 g/mol. The lowest BCUT2D eigenvalue weighted by molar-refractivity contribution is -0.132. The summed E-state index contributed by atoms with van der Waals surface area (Å²) in [5.41, 5.74) is 0.882. The number of pyridine rings is 1. The first-order valence-corrected chi connectivity index (χ1v) is 6.54. The summed E-state index contributed by atoms with van der Waals surface area (Å²) in [6, 6.07) is 5.69. The van der Waals surface area contributed by atoms with Crippen LogP contribution < -0.4 is 0 Å². The van der Waals surface area contributed by atoms with Crippen LogP contribution in [0.1, 0.15) is 18.5 Å². The molecule has 18 heavy (non-hydrogen) atoms. The van der Waals surface area contributed by atoms with Crippen LogP contribution in [0.4, 0.5) is 0 Å². The van der Waals surface area contributed by atoms with E-state index in [1.807, 2.05) is 18.2 Å². The van der Waals surface area contributed by atoms with Crippen molar-refractivity contribution in [2.24, 2.45) is 0 Å². The van der Waals surface area contributed by atoms with Crippen molar-refractivity contribution in [3.05, 3.63) is 30.1 Å². The molecule has 1 heterocycles. The monoisotopic (exact) mass is 270 g/mol. The van der Waals surface area contributed by atoms with Gasteiger partial charge in [0.25, 0.3) is 0 Å². The molecule has 0 aliphatic rings. The molecule has 0 aliphatic heterocycles.